The van der Waals surface area contributed by atoms with E-state index < -0.39 is 11.8 Å². The Morgan fingerprint density at radius 2 is 1.60 bits per heavy atom. The molecule has 2 aromatic rings. The van der Waals surface area contributed by atoms with Crippen molar-refractivity contribution in [1.29, 1.82) is 0 Å². The zero-order valence-electron chi connectivity index (χ0n) is 13.6. The first-order valence-corrected chi connectivity index (χ1v) is 8.00. The molecule has 2 aromatic carbocycles. The minimum Gasteiger partial charge on any atom is -0.395 e. The smallest absolute Gasteiger partial charge is 0.277 e. The predicted octanol–water partition coefficient (Wildman–Crippen LogP) is 1.96. The molecule has 0 saturated carbocycles. The van der Waals surface area contributed by atoms with E-state index in [0.29, 0.717) is 5.69 Å². The molecule has 0 bridgehead atoms. The molecule has 3 N–H and O–H groups in total. The van der Waals surface area contributed by atoms with Crippen LogP contribution in [0, 0.1) is 0 Å². The lowest BCUT2D eigenvalue weighted by Crippen LogP contribution is -2.34. The maximum absolute atomic E-state index is 12.1. The third kappa shape index (κ3) is 4.05. The number of benzene rings is 2. The number of aliphatic hydroxyl groups is 1. The van der Waals surface area contributed by atoms with Crippen molar-refractivity contribution in [3.05, 3.63) is 71.9 Å². The molecule has 0 fully saturated rings. The number of hydrogen-bond acceptors (Lipinski definition) is 5. The largest absolute Gasteiger partial charge is 0.395 e. The molecule has 0 unspecified atom stereocenters. The second-order valence-electron chi connectivity index (χ2n) is 5.62. The summed E-state index contributed by atoms with van der Waals surface area (Å²) in [6.07, 6.45) is 1.25. The van der Waals surface area contributed by atoms with Gasteiger partial charge in [0.1, 0.15) is 5.70 Å². The van der Waals surface area contributed by atoms with Gasteiger partial charge < -0.3 is 15.7 Å². The Labute approximate surface area is 145 Å². The van der Waals surface area contributed by atoms with Crippen molar-refractivity contribution in [2.45, 2.75) is 6.54 Å². The van der Waals surface area contributed by atoms with E-state index >= 15 is 0 Å². The third-order valence-corrected chi connectivity index (χ3v) is 3.84. The minimum atomic E-state index is -0.426. The molecule has 6 heteroatoms. The molecular formula is C19H19N3O3. The summed E-state index contributed by atoms with van der Waals surface area (Å²) in [4.78, 5) is 24.8. The van der Waals surface area contributed by atoms with E-state index in [-0.39, 0.29) is 18.8 Å². The van der Waals surface area contributed by atoms with E-state index in [1.54, 1.807) is 0 Å². The number of hydrogen-bond donors (Lipinski definition) is 3. The number of β-amino-alcohol motifs (C(OH)–C–C–N with tert-alkyl or cyclic N) is 1. The highest BCUT2D eigenvalue weighted by Crippen LogP contribution is 2.19. The molecule has 0 aliphatic carbocycles. The van der Waals surface area contributed by atoms with Crippen molar-refractivity contribution in [3.8, 4) is 0 Å². The molecule has 1 aliphatic heterocycles. The van der Waals surface area contributed by atoms with Gasteiger partial charge in [0.25, 0.3) is 11.8 Å². The van der Waals surface area contributed by atoms with Gasteiger partial charge in [-0.2, -0.15) is 0 Å². The van der Waals surface area contributed by atoms with Crippen LogP contribution in [-0.2, 0) is 16.1 Å². The van der Waals surface area contributed by atoms with Gasteiger partial charge in [-0.1, -0.05) is 30.3 Å². The first kappa shape index (κ1) is 16.7. The number of carbonyl (C=O) groups is 2. The van der Waals surface area contributed by atoms with E-state index in [2.05, 4.69) is 22.8 Å². The van der Waals surface area contributed by atoms with Gasteiger partial charge in [0.2, 0.25) is 0 Å². The number of amides is 2. The summed E-state index contributed by atoms with van der Waals surface area (Å²) in [5.74, 6) is -0.840. The number of carbonyl (C=O) groups excluding carboxylic acids is 2. The average molecular weight is 337 g/mol. The standard InChI is InChI=1S/C19H19N3O3/c23-11-10-22-18(24)12-17(19(22)25)21-16-8-6-15(7-9-16)20-13-14-4-2-1-3-5-14/h1-9,12,20-21,23H,10-11,13H2. The SMILES string of the molecule is O=C1C=C(Nc2ccc(NCc3ccccc3)cc2)C(=O)N1CCO. The summed E-state index contributed by atoms with van der Waals surface area (Å²) < 4.78 is 0. The molecular weight excluding hydrogens is 318 g/mol. The number of nitrogens with one attached hydrogen (secondary N) is 2. The number of rotatable bonds is 7. The highest BCUT2D eigenvalue weighted by Gasteiger charge is 2.30. The van der Waals surface area contributed by atoms with Crippen LogP contribution < -0.4 is 10.6 Å². The summed E-state index contributed by atoms with van der Waals surface area (Å²) in [6, 6.07) is 17.6. The second kappa shape index (κ2) is 7.63. The lowest BCUT2D eigenvalue weighted by Gasteiger charge is -2.13. The zero-order chi connectivity index (χ0) is 17.6. The summed E-state index contributed by atoms with van der Waals surface area (Å²) in [5, 5.41) is 15.2. The van der Waals surface area contributed by atoms with Gasteiger partial charge in [0.15, 0.2) is 0 Å². The average Bonchev–Trinajstić information content (AvgIpc) is 2.90. The minimum absolute atomic E-state index is 0.00168. The van der Waals surface area contributed by atoms with Gasteiger partial charge in [0.05, 0.1) is 13.2 Å². The molecule has 6 nitrogen and oxygen atoms in total. The van der Waals surface area contributed by atoms with Gasteiger partial charge in [0, 0.05) is 24.0 Å². The van der Waals surface area contributed by atoms with Crippen molar-refractivity contribution in [2.24, 2.45) is 0 Å². The van der Waals surface area contributed by atoms with Crippen LogP contribution >= 0.6 is 0 Å². The molecule has 3 rings (SSSR count). The monoisotopic (exact) mass is 337 g/mol. The zero-order valence-corrected chi connectivity index (χ0v) is 13.6. The topological polar surface area (TPSA) is 81.7 Å². The fourth-order valence-electron chi connectivity index (χ4n) is 2.54. The van der Waals surface area contributed by atoms with Crippen molar-refractivity contribution < 1.29 is 14.7 Å². The predicted molar refractivity (Wildman–Crippen MR) is 95.7 cm³/mol. The molecule has 0 saturated heterocycles. The number of nitrogens with zero attached hydrogens (tertiary/aromatic N) is 1. The summed E-state index contributed by atoms with van der Waals surface area (Å²) in [5.41, 5.74) is 3.07. The highest BCUT2D eigenvalue weighted by molar-refractivity contribution is 6.17. The molecule has 0 radical (unpaired) electrons. The van der Waals surface area contributed by atoms with E-state index in [0.717, 1.165) is 17.1 Å². The molecule has 0 aromatic heterocycles. The van der Waals surface area contributed by atoms with Crippen LogP contribution in [-0.4, -0.2) is 35.0 Å². The molecule has 2 amide bonds. The Hall–Kier alpha value is -3.12. The Kier molecular flexibility index (Phi) is 5.11. The fourth-order valence-corrected chi connectivity index (χ4v) is 2.54. The van der Waals surface area contributed by atoms with Gasteiger partial charge in [-0.3, -0.25) is 14.5 Å². The van der Waals surface area contributed by atoms with Crippen LogP contribution in [0.5, 0.6) is 0 Å². The molecule has 0 spiro atoms. The van der Waals surface area contributed by atoms with Crippen molar-refractivity contribution in [3.63, 3.8) is 0 Å². The van der Waals surface area contributed by atoms with Crippen LogP contribution in [0.1, 0.15) is 5.56 Å². The number of anilines is 2. The quantitative estimate of drug-likeness (QED) is 0.673. The number of imide groups is 1. The first-order valence-electron chi connectivity index (χ1n) is 8.00. The molecule has 128 valence electrons. The fraction of sp³-hybridized carbons (Fsp3) is 0.158. The lowest BCUT2D eigenvalue weighted by atomic mass is 10.2. The Morgan fingerprint density at radius 3 is 2.28 bits per heavy atom. The normalized spacial score (nSPS) is 13.8. The van der Waals surface area contributed by atoms with Gasteiger partial charge in [-0.25, -0.2) is 0 Å². The van der Waals surface area contributed by atoms with Crippen LogP contribution in [0.3, 0.4) is 0 Å². The molecule has 0 atom stereocenters. The molecule has 1 aliphatic rings. The van der Waals surface area contributed by atoms with Crippen molar-refractivity contribution in [2.75, 3.05) is 23.8 Å². The van der Waals surface area contributed by atoms with Crippen molar-refractivity contribution >= 4 is 23.2 Å². The second-order valence-corrected chi connectivity index (χ2v) is 5.62. The number of aliphatic hydroxyl groups excluding tert-OH is 1. The van der Waals surface area contributed by atoms with Crippen LogP contribution in [0.15, 0.2) is 66.4 Å². The molecule has 25 heavy (non-hydrogen) atoms. The Bertz CT molecular complexity index is 785. The van der Waals surface area contributed by atoms with Gasteiger partial charge >= 0.3 is 0 Å². The molecule has 1 heterocycles. The van der Waals surface area contributed by atoms with E-state index in [9.17, 15) is 9.59 Å². The van der Waals surface area contributed by atoms with Crippen LogP contribution in [0.25, 0.3) is 0 Å². The van der Waals surface area contributed by atoms with Crippen LogP contribution in [0.4, 0.5) is 11.4 Å². The Balaban J connectivity index is 1.59. The van der Waals surface area contributed by atoms with E-state index in [1.165, 1.54) is 11.6 Å². The van der Waals surface area contributed by atoms with Crippen molar-refractivity contribution in [1.82, 2.24) is 4.90 Å². The highest BCUT2D eigenvalue weighted by atomic mass is 16.3. The van der Waals surface area contributed by atoms with E-state index in [1.807, 2.05) is 42.5 Å². The summed E-state index contributed by atoms with van der Waals surface area (Å²) >= 11 is 0. The van der Waals surface area contributed by atoms with Gasteiger partial charge in [-0.15, -0.1) is 0 Å². The van der Waals surface area contributed by atoms with Crippen LogP contribution in [0.2, 0.25) is 0 Å². The third-order valence-electron chi connectivity index (χ3n) is 3.84. The maximum atomic E-state index is 12.1. The summed E-state index contributed by atoms with van der Waals surface area (Å²) in [6.45, 7) is 0.476. The maximum Gasteiger partial charge on any atom is 0.277 e. The Morgan fingerprint density at radius 1 is 0.920 bits per heavy atom. The first-order chi connectivity index (χ1) is 12.2. The van der Waals surface area contributed by atoms with Gasteiger partial charge in [-0.05, 0) is 29.8 Å². The van der Waals surface area contributed by atoms with E-state index in [4.69, 9.17) is 5.11 Å². The summed E-state index contributed by atoms with van der Waals surface area (Å²) in [7, 11) is 0. The lowest BCUT2D eigenvalue weighted by molar-refractivity contribution is -0.137.